The average molecular weight is 297 g/mol. The van der Waals surface area contributed by atoms with Crippen LogP contribution in [0.5, 0.6) is 0 Å². The Bertz CT molecular complexity index is 365. The molecule has 0 radical (unpaired) electrons. The summed E-state index contributed by atoms with van der Waals surface area (Å²) in [6, 6.07) is -0.711. The highest BCUT2D eigenvalue weighted by molar-refractivity contribution is 5.84. The van der Waals surface area contributed by atoms with Gasteiger partial charge in [0.2, 0.25) is 5.91 Å². The Balaban J connectivity index is 1.77. The van der Waals surface area contributed by atoms with Gasteiger partial charge in [0.25, 0.3) is 0 Å². The second-order valence-electron chi connectivity index (χ2n) is 6.39. The summed E-state index contributed by atoms with van der Waals surface area (Å²) in [5, 5.41) is 9.23. The van der Waals surface area contributed by atoms with Crippen LogP contribution in [-0.4, -0.2) is 47.7 Å². The van der Waals surface area contributed by atoms with Gasteiger partial charge in [-0.05, 0) is 18.8 Å². The third-order valence-electron chi connectivity index (χ3n) is 4.93. The number of amides is 1. The van der Waals surface area contributed by atoms with Gasteiger partial charge in [0.05, 0.1) is 6.10 Å². The molecule has 1 saturated carbocycles. The van der Waals surface area contributed by atoms with Crippen LogP contribution in [0.3, 0.4) is 0 Å². The Morgan fingerprint density at radius 2 is 1.95 bits per heavy atom. The van der Waals surface area contributed by atoms with Crippen molar-refractivity contribution < 1.29 is 19.4 Å². The maximum absolute atomic E-state index is 12.3. The van der Waals surface area contributed by atoms with Crippen molar-refractivity contribution in [3.05, 3.63) is 0 Å². The van der Waals surface area contributed by atoms with E-state index in [9.17, 15) is 14.7 Å². The number of methoxy groups -OCH3 is 1. The summed E-state index contributed by atoms with van der Waals surface area (Å²) in [6.07, 6.45) is 9.28. The van der Waals surface area contributed by atoms with E-state index in [1.165, 1.54) is 37.0 Å². The second-order valence-corrected chi connectivity index (χ2v) is 6.39. The maximum atomic E-state index is 12.3. The number of aliphatic carboxylic acids is 1. The molecular weight excluding hydrogens is 270 g/mol. The molecule has 2 aliphatic rings. The Labute approximate surface area is 126 Å². The summed E-state index contributed by atoms with van der Waals surface area (Å²) in [7, 11) is 1.57. The lowest BCUT2D eigenvalue weighted by molar-refractivity contribution is -0.148. The first kappa shape index (κ1) is 16.3. The quantitative estimate of drug-likeness (QED) is 0.817. The zero-order valence-corrected chi connectivity index (χ0v) is 12.9. The van der Waals surface area contributed by atoms with E-state index in [-0.39, 0.29) is 12.0 Å². The van der Waals surface area contributed by atoms with Crippen molar-refractivity contribution in [2.24, 2.45) is 5.92 Å². The molecule has 21 heavy (non-hydrogen) atoms. The van der Waals surface area contributed by atoms with Gasteiger partial charge in [-0.2, -0.15) is 0 Å². The van der Waals surface area contributed by atoms with Gasteiger partial charge in [-0.3, -0.25) is 4.79 Å². The molecule has 2 unspecified atom stereocenters. The topological polar surface area (TPSA) is 66.8 Å². The molecule has 1 aliphatic heterocycles. The molecule has 2 atom stereocenters. The number of likely N-dealkylation sites (tertiary alicyclic amines) is 1. The normalized spacial score (nSPS) is 27.0. The highest BCUT2D eigenvalue weighted by Gasteiger charge is 2.39. The van der Waals surface area contributed by atoms with Gasteiger partial charge in [-0.15, -0.1) is 0 Å². The fourth-order valence-electron chi connectivity index (χ4n) is 3.64. The lowest BCUT2D eigenvalue weighted by Gasteiger charge is -2.23. The zero-order valence-electron chi connectivity index (χ0n) is 12.9. The number of hydrogen-bond donors (Lipinski definition) is 1. The number of nitrogens with zero attached hydrogens (tertiary/aromatic N) is 1. The number of carbonyl (C=O) groups excluding carboxylic acids is 1. The second kappa shape index (κ2) is 7.78. The number of carboxylic acids is 1. The van der Waals surface area contributed by atoms with Crippen molar-refractivity contribution in [3.8, 4) is 0 Å². The molecule has 120 valence electrons. The van der Waals surface area contributed by atoms with Gasteiger partial charge in [0.1, 0.15) is 6.04 Å². The van der Waals surface area contributed by atoms with E-state index in [0.29, 0.717) is 19.4 Å². The SMILES string of the molecule is COC1CC(C(=O)O)N(C(=O)CCCC2CCCCC2)C1. The fourth-order valence-corrected chi connectivity index (χ4v) is 3.64. The van der Waals surface area contributed by atoms with Gasteiger partial charge in [0, 0.05) is 26.5 Å². The Hall–Kier alpha value is -1.10. The summed E-state index contributed by atoms with van der Waals surface area (Å²) in [5.41, 5.74) is 0. The Morgan fingerprint density at radius 3 is 2.57 bits per heavy atom. The van der Waals surface area contributed by atoms with Gasteiger partial charge in [-0.1, -0.05) is 32.1 Å². The number of carboxylic acid groups (broad SMARTS) is 1. The van der Waals surface area contributed by atoms with Crippen molar-refractivity contribution in [1.29, 1.82) is 0 Å². The predicted octanol–water partition coefficient (Wildman–Crippen LogP) is 2.44. The van der Waals surface area contributed by atoms with Gasteiger partial charge < -0.3 is 14.7 Å². The molecule has 2 rings (SSSR count). The molecular formula is C16H27NO4. The third kappa shape index (κ3) is 4.43. The van der Waals surface area contributed by atoms with Crippen molar-refractivity contribution in [3.63, 3.8) is 0 Å². The van der Waals surface area contributed by atoms with Gasteiger partial charge in [-0.25, -0.2) is 4.79 Å². The van der Waals surface area contributed by atoms with E-state index in [2.05, 4.69) is 0 Å². The van der Waals surface area contributed by atoms with Crippen molar-refractivity contribution in [2.75, 3.05) is 13.7 Å². The first-order chi connectivity index (χ1) is 10.1. The number of carbonyl (C=O) groups is 2. The molecule has 0 aromatic heterocycles. The van der Waals surface area contributed by atoms with E-state index in [0.717, 1.165) is 18.8 Å². The van der Waals surface area contributed by atoms with Gasteiger partial charge in [0.15, 0.2) is 0 Å². The number of rotatable bonds is 6. The first-order valence-electron chi connectivity index (χ1n) is 8.17. The molecule has 5 heteroatoms. The lowest BCUT2D eigenvalue weighted by Crippen LogP contribution is -2.40. The molecule has 1 amide bonds. The molecule has 0 aromatic carbocycles. The molecule has 0 aromatic rings. The first-order valence-corrected chi connectivity index (χ1v) is 8.17. The van der Waals surface area contributed by atoms with Crippen LogP contribution in [0.4, 0.5) is 0 Å². The molecule has 2 fully saturated rings. The molecule has 1 N–H and O–H groups in total. The van der Waals surface area contributed by atoms with Crippen molar-refractivity contribution in [2.45, 2.75) is 69.9 Å². The van der Waals surface area contributed by atoms with Crippen LogP contribution < -0.4 is 0 Å². The molecule has 5 nitrogen and oxygen atoms in total. The van der Waals surface area contributed by atoms with Crippen LogP contribution >= 0.6 is 0 Å². The number of ether oxygens (including phenoxy) is 1. The minimum atomic E-state index is -0.921. The highest BCUT2D eigenvalue weighted by atomic mass is 16.5. The summed E-state index contributed by atoms with van der Waals surface area (Å²) in [6.45, 7) is 0.412. The summed E-state index contributed by atoms with van der Waals surface area (Å²) < 4.78 is 5.21. The fraction of sp³-hybridized carbons (Fsp3) is 0.875. The van der Waals surface area contributed by atoms with Crippen molar-refractivity contribution in [1.82, 2.24) is 4.90 Å². The average Bonchev–Trinajstić information content (AvgIpc) is 2.93. The minimum Gasteiger partial charge on any atom is -0.480 e. The monoisotopic (exact) mass is 297 g/mol. The predicted molar refractivity (Wildman–Crippen MR) is 79.0 cm³/mol. The summed E-state index contributed by atoms with van der Waals surface area (Å²) in [5.74, 6) is -0.180. The third-order valence-corrected chi connectivity index (χ3v) is 4.93. The molecule has 1 heterocycles. The van der Waals surface area contributed by atoms with E-state index in [1.807, 2.05) is 0 Å². The minimum absolute atomic E-state index is 0.0299. The molecule has 0 bridgehead atoms. The zero-order chi connectivity index (χ0) is 15.2. The smallest absolute Gasteiger partial charge is 0.326 e. The molecule has 1 saturated heterocycles. The summed E-state index contributed by atoms with van der Waals surface area (Å²) >= 11 is 0. The Kier molecular flexibility index (Phi) is 6.03. The van der Waals surface area contributed by atoms with Crippen LogP contribution in [0.1, 0.15) is 57.8 Å². The number of hydrogen-bond acceptors (Lipinski definition) is 3. The largest absolute Gasteiger partial charge is 0.480 e. The lowest BCUT2D eigenvalue weighted by atomic mass is 9.86. The van der Waals surface area contributed by atoms with Crippen LogP contribution in [0.2, 0.25) is 0 Å². The molecule has 0 spiro atoms. The highest BCUT2D eigenvalue weighted by Crippen LogP contribution is 2.28. The van der Waals surface area contributed by atoms with Crippen molar-refractivity contribution >= 4 is 11.9 Å². The van der Waals surface area contributed by atoms with E-state index in [1.54, 1.807) is 7.11 Å². The van der Waals surface area contributed by atoms with Gasteiger partial charge >= 0.3 is 5.97 Å². The van der Waals surface area contributed by atoms with Crippen LogP contribution in [0.25, 0.3) is 0 Å². The van der Waals surface area contributed by atoms with E-state index >= 15 is 0 Å². The van der Waals surface area contributed by atoms with Crippen LogP contribution in [-0.2, 0) is 14.3 Å². The van der Waals surface area contributed by atoms with E-state index in [4.69, 9.17) is 4.74 Å². The molecule has 1 aliphatic carbocycles. The summed E-state index contributed by atoms with van der Waals surface area (Å²) in [4.78, 5) is 25.0. The van der Waals surface area contributed by atoms with E-state index < -0.39 is 12.0 Å². The standard InChI is InChI=1S/C16H27NO4/c1-21-13-10-14(16(19)20)17(11-13)15(18)9-5-8-12-6-3-2-4-7-12/h12-14H,2-11H2,1H3,(H,19,20). The van der Waals surface area contributed by atoms with Crippen LogP contribution in [0.15, 0.2) is 0 Å². The van der Waals surface area contributed by atoms with Crippen LogP contribution in [0, 0.1) is 5.92 Å². The maximum Gasteiger partial charge on any atom is 0.326 e. The Morgan fingerprint density at radius 1 is 1.24 bits per heavy atom.